The SMILES string of the molecule is COc1cnc(C(F)F)cc1-c1cc(CO)ncc1C(=O)Nc1nnc(C#CC2CC2)s1. The Morgan fingerprint density at radius 2 is 2.09 bits per heavy atom. The van der Waals surface area contributed by atoms with E-state index in [1.165, 1.54) is 19.4 Å². The number of alkyl halides is 2. The first kappa shape index (κ1) is 21.7. The van der Waals surface area contributed by atoms with Gasteiger partial charge in [-0.15, -0.1) is 10.2 Å². The molecule has 1 aliphatic carbocycles. The highest BCUT2D eigenvalue weighted by Crippen LogP contribution is 2.35. The van der Waals surface area contributed by atoms with Crippen LogP contribution in [0.4, 0.5) is 13.9 Å². The van der Waals surface area contributed by atoms with Gasteiger partial charge in [0.05, 0.1) is 31.2 Å². The van der Waals surface area contributed by atoms with Crippen LogP contribution in [0, 0.1) is 17.8 Å². The van der Waals surface area contributed by atoms with Crippen molar-refractivity contribution >= 4 is 22.4 Å². The Bertz CT molecular complexity index is 1220. The average molecular weight is 457 g/mol. The molecular weight excluding hydrogens is 440 g/mol. The van der Waals surface area contributed by atoms with E-state index in [-0.39, 0.29) is 33.3 Å². The van der Waals surface area contributed by atoms with Crippen molar-refractivity contribution in [2.45, 2.75) is 25.9 Å². The number of amides is 1. The van der Waals surface area contributed by atoms with Crippen LogP contribution in [0.25, 0.3) is 11.1 Å². The fourth-order valence-corrected chi connectivity index (χ4v) is 3.42. The lowest BCUT2D eigenvalue weighted by molar-refractivity contribution is 0.102. The minimum Gasteiger partial charge on any atom is -0.494 e. The Balaban J connectivity index is 1.69. The number of carbonyl (C=O) groups excluding carboxylic acids is 1. The van der Waals surface area contributed by atoms with Crippen molar-refractivity contribution in [3.8, 4) is 28.7 Å². The first-order chi connectivity index (χ1) is 15.5. The van der Waals surface area contributed by atoms with Crippen LogP contribution < -0.4 is 10.1 Å². The molecule has 0 unspecified atom stereocenters. The van der Waals surface area contributed by atoms with Gasteiger partial charge >= 0.3 is 0 Å². The number of aliphatic hydroxyl groups is 1. The molecule has 4 rings (SSSR count). The van der Waals surface area contributed by atoms with E-state index in [2.05, 4.69) is 37.3 Å². The fourth-order valence-electron chi connectivity index (χ4n) is 2.82. The van der Waals surface area contributed by atoms with Crippen LogP contribution in [-0.2, 0) is 6.61 Å². The summed E-state index contributed by atoms with van der Waals surface area (Å²) in [7, 11) is 1.36. The molecule has 164 valence electrons. The van der Waals surface area contributed by atoms with Crippen LogP contribution in [0.1, 0.15) is 46.0 Å². The minimum atomic E-state index is -2.81. The van der Waals surface area contributed by atoms with Gasteiger partial charge in [-0.05, 0) is 30.9 Å². The molecule has 1 aliphatic rings. The van der Waals surface area contributed by atoms with E-state index in [0.29, 0.717) is 10.9 Å². The molecule has 0 atom stereocenters. The van der Waals surface area contributed by atoms with Crippen molar-refractivity contribution in [2.75, 3.05) is 12.4 Å². The van der Waals surface area contributed by atoms with E-state index in [4.69, 9.17) is 4.74 Å². The van der Waals surface area contributed by atoms with E-state index in [0.717, 1.165) is 36.4 Å². The number of nitrogens with zero attached hydrogens (tertiary/aromatic N) is 4. The molecule has 3 aromatic rings. The number of methoxy groups -OCH3 is 1. The van der Waals surface area contributed by atoms with Gasteiger partial charge in [0.15, 0.2) is 5.01 Å². The van der Waals surface area contributed by atoms with Crippen molar-refractivity contribution in [1.29, 1.82) is 0 Å². The first-order valence-corrected chi connectivity index (χ1v) is 10.4. The highest BCUT2D eigenvalue weighted by molar-refractivity contribution is 7.15. The number of hydrogen-bond donors (Lipinski definition) is 2. The van der Waals surface area contributed by atoms with Crippen LogP contribution in [0.15, 0.2) is 24.5 Å². The van der Waals surface area contributed by atoms with E-state index in [1.54, 1.807) is 0 Å². The number of halogens is 2. The summed E-state index contributed by atoms with van der Waals surface area (Å²) in [4.78, 5) is 20.7. The third kappa shape index (κ3) is 4.87. The predicted molar refractivity (Wildman–Crippen MR) is 112 cm³/mol. The quantitative estimate of drug-likeness (QED) is 0.546. The molecule has 0 radical (unpaired) electrons. The minimum absolute atomic E-state index is 0.0766. The zero-order chi connectivity index (χ0) is 22.7. The maximum atomic E-state index is 13.2. The maximum Gasteiger partial charge on any atom is 0.280 e. The molecule has 11 heteroatoms. The highest BCUT2D eigenvalue weighted by atomic mass is 32.1. The van der Waals surface area contributed by atoms with Gasteiger partial charge in [0, 0.05) is 23.2 Å². The number of aromatic nitrogens is 4. The molecule has 8 nitrogen and oxygen atoms in total. The predicted octanol–water partition coefficient (Wildman–Crippen LogP) is 3.45. The summed E-state index contributed by atoms with van der Waals surface area (Å²) in [5.41, 5.74) is 0.321. The Morgan fingerprint density at radius 1 is 1.28 bits per heavy atom. The van der Waals surface area contributed by atoms with Crippen LogP contribution >= 0.6 is 11.3 Å². The Hall–Kier alpha value is -3.49. The number of anilines is 1. The number of pyridine rings is 2. The summed E-state index contributed by atoms with van der Waals surface area (Å²) in [5, 5.41) is 20.7. The summed E-state index contributed by atoms with van der Waals surface area (Å²) in [6, 6.07) is 2.59. The average Bonchev–Trinajstić information content (AvgIpc) is 3.54. The molecule has 3 aromatic heterocycles. The van der Waals surface area contributed by atoms with Crippen LogP contribution in [0.2, 0.25) is 0 Å². The number of carbonyl (C=O) groups is 1. The van der Waals surface area contributed by atoms with E-state index in [9.17, 15) is 18.7 Å². The van der Waals surface area contributed by atoms with Crippen LogP contribution in [0.3, 0.4) is 0 Å². The lowest BCUT2D eigenvalue weighted by atomic mass is 9.99. The monoisotopic (exact) mass is 457 g/mol. The molecule has 0 aromatic carbocycles. The molecule has 2 N–H and O–H groups in total. The molecule has 3 heterocycles. The Morgan fingerprint density at radius 3 is 2.78 bits per heavy atom. The van der Waals surface area contributed by atoms with Gasteiger partial charge in [-0.1, -0.05) is 17.3 Å². The number of nitrogens with one attached hydrogen (secondary N) is 1. The van der Waals surface area contributed by atoms with Gasteiger partial charge < -0.3 is 9.84 Å². The lowest BCUT2D eigenvalue weighted by Gasteiger charge is -2.14. The molecule has 32 heavy (non-hydrogen) atoms. The van der Waals surface area contributed by atoms with E-state index in [1.807, 2.05) is 0 Å². The fraction of sp³-hybridized carbons (Fsp3) is 0.286. The molecule has 0 saturated heterocycles. The Labute approximate surface area is 185 Å². The molecule has 0 bridgehead atoms. The molecule has 1 fully saturated rings. The number of hydrogen-bond acceptors (Lipinski definition) is 8. The van der Waals surface area contributed by atoms with Gasteiger partial charge in [0.1, 0.15) is 11.4 Å². The summed E-state index contributed by atoms with van der Waals surface area (Å²) < 4.78 is 31.8. The van der Waals surface area contributed by atoms with E-state index >= 15 is 0 Å². The second-order valence-electron chi connectivity index (χ2n) is 6.90. The normalized spacial score (nSPS) is 12.9. The first-order valence-electron chi connectivity index (χ1n) is 9.57. The second-order valence-corrected chi connectivity index (χ2v) is 7.88. The molecule has 1 saturated carbocycles. The van der Waals surface area contributed by atoms with Gasteiger partial charge in [-0.2, -0.15) is 0 Å². The van der Waals surface area contributed by atoms with Crippen molar-refractivity contribution in [3.63, 3.8) is 0 Å². The van der Waals surface area contributed by atoms with E-state index < -0.39 is 24.6 Å². The standard InChI is InChI=1S/C21H17F2N5O3S/c1-31-17-9-25-16(19(22)23)7-14(17)13-6-12(10-29)24-8-15(13)20(30)26-21-28-27-18(32-21)5-4-11-2-3-11/h6-9,11,19,29H,2-3,10H2,1H3,(H,26,28,30). The highest BCUT2D eigenvalue weighted by Gasteiger charge is 2.22. The van der Waals surface area contributed by atoms with Crippen molar-refractivity contribution in [1.82, 2.24) is 20.2 Å². The molecule has 0 spiro atoms. The number of ether oxygens (including phenoxy) is 1. The van der Waals surface area contributed by atoms with Gasteiger partial charge in [0.25, 0.3) is 12.3 Å². The largest absolute Gasteiger partial charge is 0.494 e. The van der Waals surface area contributed by atoms with Crippen molar-refractivity contribution < 1.29 is 23.4 Å². The van der Waals surface area contributed by atoms with Crippen LogP contribution in [-0.4, -0.2) is 38.3 Å². The third-order valence-corrected chi connectivity index (χ3v) is 5.35. The molecule has 1 amide bonds. The third-order valence-electron chi connectivity index (χ3n) is 4.60. The summed E-state index contributed by atoms with van der Waals surface area (Å²) in [6.07, 6.45) is 1.77. The molecule has 0 aliphatic heterocycles. The van der Waals surface area contributed by atoms with Crippen molar-refractivity contribution in [3.05, 3.63) is 46.5 Å². The van der Waals surface area contributed by atoms with Gasteiger partial charge in [0.2, 0.25) is 5.13 Å². The van der Waals surface area contributed by atoms with Crippen molar-refractivity contribution in [2.24, 2.45) is 5.92 Å². The summed E-state index contributed by atoms with van der Waals surface area (Å²) in [5.74, 6) is 6.02. The zero-order valence-corrected chi connectivity index (χ0v) is 17.6. The van der Waals surface area contributed by atoms with Gasteiger partial charge in [-0.3, -0.25) is 20.1 Å². The lowest BCUT2D eigenvalue weighted by Crippen LogP contribution is -2.14. The van der Waals surface area contributed by atoms with Crippen LogP contribution in [0.5, 0.6) is 5.75 Å². The number of rotatable bonds is 6. The Kier molecular flexibility index (Phi) is 6.34. The number of aliphatic hydroxyl groups excluding tert-OH is 1. The molecular formula is C21H17F2N5O3S. The summed E-state index contributed by atoms with van der Waals surface area (Å²) in [6.45, 7) is -0.399. The smallest absolute Gasteiger partial charge is 0.280 e. The topological polar surface area (TPSA) is 110 Å². The summed E-state index contributed by atoms with van der Waals surface area (Å²) >= 11 is 1.13. The second kappa shape index (κ2) is 9.33. The maximum absolute atomic E-state index is 13.2. The van der Waals surface area contributed by atoms with Gasteiger partial charge in [-0.25, -0.2) is 8.78 Å². The zero-order valence-electron chi connectivity index (χ0n) is 16.8.